The van der Waals surface area contributed by atoms with Gasteiger partial charge >= 0.3 is 0 Å². The molecule has 0 aliphatic heterocycles. The number of nitrogens with one attached hydrogen (secondary N) is 2. The second-order valence-electron chi connectivity index (χ2n) is 4.78. The van der Waals surface area contributed by atoms with E-state index >= 15 is 0 Å². The highest BCUT2D eigenvalue weighted by molar-refractivity contribution is 5.92. The fraction of sp³-hybridized carbons (Fsp3) is 0.643. The molecule has 1 amide bonds. The van der Waals surface area contributed by atoms with Crippen LogP contribution in [0.25, 0.3) is 0 Å². The molecule has 0 bridgehead atoms. The predicted molar refractivity (Wildman–Crippen MR) is 77.4 cm³/mol. The van der Waals surface area contributed by atoms with Crippen molar-refractivity contribution in [2.75, 3.05) is 11.9 Å². The molecule has 5 nitrogen and oxygen atoms in total. The van der Waals surface area contributed by atoms with Crippen LogP contribution in [-0.4, -0.2) is 28.5 Å². The van der Waals surface area contributed by atoms with Gasteiger partial charge in [0, 0.05) is 18.3 Å². The normalized spacial score (nSPS) is 12.0. The molecular weight excluding hydrogens is 240 g/mol. The van der Waals surface area contributed by atoms with Crippen LogP contribution in [0.5, 0.6) is 0 Å². The molecule has 1 rings (SSSR count). The number of unbranched alkanes of at least 4 members (excludes halogenated alkanes) is 1. The van der Waals surface area contributed by atoms with E-state index in [-0.39, 0.29) is 11.9 Å². The van der Waals surface area contributed by atoms with Crippen molar-refractivity contribution in [3.63, 3.8) is 0 Å². The number of hydrogen-bond acceptors (Lipinski definition) is 4. The molecule has 0 spiro atoms. The Labute approximate surface area is 115 Å². The molecule has 0 aliphatic carbocycles. The number of aryl methyl sites for hydroxylation is 1. The van der Waals surface area contributed by atoms with Gasteiger partial charge in [-0.3, -0.25) is 4.79 Å². The largest absolute Gasteiger partial charge is 0.354 e. The first-order valence-corrected chi connectivity index (χ1v) is 6.97. The Morgan fingerprint density at radius 1 is 1.37 bits per heavy atom. The summed E-state index contributed by atoms with van der Waals surface area (Å²) in [7, 11) is 0. The van der Waals surface area contributed by atoms with Gasteiger partial charge in [0.25, 0.3) is 5.91 Å². The Morgan fingerprint density at radius 3 is 2.74 bits per heavy atom. The highest BCUT2D eigenvalue weighted by Crippen LogP contribution is 2.06. The minimum absolute atomic E-state index is 0.140. The molecule has 0 saturated heterocycles. The monoisotopic (exact) mass is 264 g/mol. The highest BCUT2D eigenvalue weighted by Gasteiger charge is 2.12. The van der Waals surface area contributed by atoms with Crippen LogP contribution in [0.1, 0.15) is 56.2 Å². The lowest BCUT2D eigenvalue weighted by molar-refractivity contribution is 0.0934. The average Bonchev–Trinajstić information content (AvgIpc) is 2.38. The molecule has 106 valence electrons. The van der Waals surface area contributed by atoms with Crippen LogP contribution in [0.15, 0.2) is 6.07 Å². The number of rotatable bonds is 7. The fourth-order valence-electron chi connectivity index (χ4n) is 1.54. The Bertz CT molecular complexity index is 420. The van der Waals surface area contributed by atoms with Crippen molar-refractivity contribution in [1.82, 2.24) is 15.3 Å². The van der Waals surface area contributed by atoms with Crippen LogP contribution < -0.4 is 10.6 Å². The van der Waals surface area contributed by atoms with E-state index in [1.54, 1.807) is 6.07 Å². The van der Waals surface area contributed by atoms with Crippen LogP contribution in [0.2, 0.25) is 0 Å². The smallest absolute Gasteiger partial charge is 0.270 e. The summed E-state index contributed by atoms with van der Waals surface area (Å²) in [6.45, 7) is 8.84. The number of carbonyl (C=O) groups is 1. The predicted octanol–water partition coefficient (Wildman–Crippen LogP) is 2.53. The Morgan fingerprint density at radius 2 is 2.11 bits per heavy atom. The molecule has 1 aromatic rings. The van der Waals surface area contributed by atoms with E-state index in [2.05, 4.69) is 27.5 Å². The molecule has 1 unspecified atom stereocenters. The van der Waals surface area contributed by atoms with Crippen LogP contribution in [0.3, 0.4) is 0 Å². The summed E-state index contributed by atoms with van der Waals surface area (Å²) in [5.74, 6) is 0.390. The Kier molecular flexibility index (Phi) is 6.25. The average molecular weight is 264 g/mol. The van der Waals surface area contributed by atoms with Crippen molar-refractivity contribution in [2.45, 2.75) is 53.0 Å². The zero-order valence-corrected chi connectivity index (χ0v) is 12.3. The zero-order valence-electron chi connectivity index (χ0n) is 12.3. The molecule has 1 atom stereocenters. The maximum atomic E-state index is 12.0. The standard InChI is InChI=1S/C14H24N4O/c1-5-7-8-15-14-17-11(4)9-12(18-14)13(19)16-10(3)6-2/h9-10H,5-8H2,1-4H3,(H,16,19)(H,15,17,18). The van der Waals surface area contributed by atoms with Gasteiger partial charge < -0.3 is 10.6 Å². The molecule has 0 radical (unpaired) electrons. The van der Waals surface area contributed by atoms with Crippen LogP contribution in [0.4, 0.5) is 5.95 Å². The van der Waals surface area contributed by atoms with Crippen LogP contribution in [0, 0.1) is 6.92 Å². The van der Waals surface area contributed by atoms with Crippen molar-refractivity contribution < 1.29 is 4.79 Å². The minimum atomic E-state index is -0.140. The van der Waals surface area contributed by atoms with Gasteiger partial charge in [-0.1, -0.05) is 20.3 Å². The summed E-state index contributed by atoms with van der Waals surface area (Å²) in [5, 5.41) is 6.06. The van der Waals surface area contributed by atoms with Crippen molar-refractivity contribution in [3.8, 4) is 0 Å². The second kappa shape index (κ2) is 7.71. The Balaban J connectivity index is 2.75. The number of carbonyl (C=O) groups excluding carboxylic acids is 1. The summed E-state index contributed by atoms with van der Waals surface area (Å²) < 4.78 is 0. The third kappa shape index (κ3) is 5.24. The number of hydrogen-bond donors (Lipinski definition) is 2. The van der Waals surface area contributed by atoms with E-state index in [9.17, 15) is 4.79 Å². The van der Waals surface area contributed by atoms with E-state index in [1.165, 1.54) is 0 Å². The van der Waals surface area contributed by atoms with Gasteiger partial charge in [-0.05, 0) is 32.8 Å². The molecule has 0 fully saturated rings. The lowest BCUT2D eigenvalue weighted by atomic mass is 10.2. The quantitative estimate of drug-likeness (QED) is 0.743. The second-order valence-corrected chi connectivity index (χ2v) is 4.78. The SMILES string of the molecule is CCCCNc1nc(C)cc(C(=O)NC(C)CC)n1. The molecule has 2 N–H and O–H groups in total. The third-order valence-corrected chi connectivity index (χ3v) is 2.89. The van der Waals surface area contributed by atoms with Gasteiger partial charge in [0.05, 0.1) is 0 Å². The summed E-state index contributed by atoms with van der Waals surface area (Å²) in [6, 6.07) is 1.86. The summed E-state index contributed by atoms with van der Waals surface area (Å²) in [4.78, 5) is 20.6. The molecule has 5 heteroatoms. The van der Waals surface area contributed by atoms with Gasteiger partial charge in [0.2, 0.25) is 5.95 Å². The van der Waals surface area contributed by atoms with Crippen LogP contribution in [-0.2, 0) is 0 Å². The molecule has 0 aliphatic rings. The minimum Gasteiger partial charge on any atom is -0.354 e. The van der Waals surface area contributed by atoms with Gasteiger partial charge in [0.1, 0.15) is 5.69 Å². The van der Waals surface area contributed by atoms with Crippen LogP contribution >= 0.6 is 0 Å². The molecular formula is C14H24N4O. The van der Waals surface area contributed by atoms with E-state index in [0.717, 1.165) is 31.5 Å². The molecule has 0 saturated carbocycles. The molecule has 1 heterocycles. The lowest BCUT2D eigenvalue weighted by Crippen LogP contribution is -2.32. The van der Waals surface area contributed by atoms with E-state index in [4.69, 9.17) is 0 Å². The zero-order chi connectivity index (χ0) is 14.3. The lowest BCUT2D eigenvalue weighted by Gasteiger charge is -2.12. The van der Waals surface area contributed by atoms with E-state index in [1.807, 2.05) is 20.8 Å². The topological polar surface area (TPSA) is 66.9 Å². The van der Waals surface area contributed by atoms with Crippen molar-refractivity contribution in [2.24, 2.45) is 0 Å². The van der Waals surface area contributed by atoms with Crippen molar-refractivity contribution in [1.29, 1.82) is 0 Å². The molecule has 19 heavy (non-hydrogen) atoms. The number of nitrogens with zero attached hydrogens (tertiary/aromatic N) is 2. The van der Waals surface area contributed by atoms with E-state index in [0.29, 0.717) is 11.6 Å². The summed E-state index contributed by atoms with van der Waals surface area (Å²) >= 11 is 0. The maximum absolute atomic E-state index is 12.0. The summed E-state index contributed by atoms with van der Waals surface area (Å²) in [5.41, 5.74) is 1.22. The number of amides is 1. The highest BCUT2D eigenvalue weighted by atomic mass is 16.1. The van der Waals surface area contributed by atoms with Gasteiger partial charge in [-0.25, -0.2) is 9.97 Å². The molecule has 0 aromatic carbocycles. The Hall–Kier alpha value is -1.65. The molecule has 1 aromatic heterocycles. The van der Waals surface area contributed by atoms with Crippen molar-refractivity contribution >= 4 is 11.9 Å². The van der Waals surface area contributed by atoms with Gasteiger partial charge in [-0.15, -0.1) is 0 Å². The van der Waals surface area contributed by atoms with Gasteiger partial charge in [-0.2, -0.15) is 0 Å². The van der Waals surface area contributed by atoms with Gasteiger partial charge in [0.15, 0.2) is 0 Å². The maximum Gasteiger partial charge on any atom is 0.270 e. The number of anilines is 1. The first-order chi connectivity index (χ1) is 9.06. The summed E-state index contributed by atoms with van der Waals surface area (Å²) in [6.07, 6.45) is 3.07. The van der Waals surface area contributed by atoms with Crippen molar-refractivity contribution in [3.05, 3.63) is 17.5 Å². The first kappa shape index (κ1) is 15.4. The fourth-order valence-corrected chi connectivity index (χ4v) is 1.54. The number of aromatic nitrogens is 2. The van der Waals surface area contributed by atoms with E-state index < -0.39 is 0 Å². The third-order valence-electron chi connectivity index (χ3n) is 2.89. The first-order valence-electron chi connectivity index (χ1n) is 6.97.